The lowest BCUT2D eigenvalue weighted by atomic mass is 10.1. The highest BCUT2D eigenvalue weighted by molar-refractivity contribution is 9.08. The molecule has 0 amide bonds. The maximum Gasteiger partial charge on any atom is 0.243 e. The van der Waals surface area contributed by atoms with Crippen molar-refractivity contribution in [1.82, 2.24) is 9.21 Å². The van der Waals surface area contributed by atoms with Crippen LogP contribution in [0.5, 0.6) is 0 Å². The Morgan fingerprint density at radius 1 is 1.30 bits per heavy atom. The Hall–Kier alpha value is -0.430. The van der Waals surface area contributed by atoms with Gasteiger partial charge in [-0.1, -0.05) is 28.1 Å². The summed E-state index contributed by atoms with van der Waals surface area (Å²) in [5.41, 5.74) is 1.08. The van der Waals surface area contributed by atoms with E-state index in [0.717, 1.165) is 23.7 Å². The SMILES string of the molecule is CN(C)C1CCCN(S(=O)(=O)c2ccc(CBr)cc2)C1. The maximum atomic E-state index is 12.7. The molecule has 4 nitrogen and oxygen atoms in total. The third-order valence-corrected chi connectivity index (χ3v) is 6.33. The summed E-state index contributed by atoms with van der Waals surface area (Å²) < 4.78 is 26.9. The molecule has 0 N–H and O–H groups in total. The Morgan fingerprint density at radius 3 is 2.50 bits per heavy atom. The van der Waals surface area contributed by atoms with Crippen LogP contribution in [0.15, 0.2) is 29.2 Å². The second-order valence-corrected chi connectivity index (χ2v) is 7.90. The molecule has 0 aromatic heterocycles. The van der Waals surface area contributed by atoms with Crippen LogP contribution < -0.4 is 0 Å². The number of piperidine rings is 1. The zero-order valence-electron chi connectivity index (χ0n) is 11.9. The molecule has 0 radical (unpaired) electrons. The van der Waals surface area contributed by atoms with Crippen molar-refractivity contribution in [3.05, 3.63) is 29.8 Å². The van der Waals surface area contributed by atoms with Crippen molar-refractivity contribution in [3.63, 3.8) is 0 Å². The van der Waals surface area contributed by atoms with Gasteiger partial charge in [-0.25, -0.2) is 8.42 Å². The van der Waals surface area contributed by atoms with Gasteiger partial charge in [-0.2, -0.15) is 4.31 Å². The van der Waals surface area contributed by atoms with Crippen LogP contribution in [0.2, 0.25) is 0 Å². The minimum Gasteiger partial charge on any atom is -0.305 e. The standard InChI is InChI=1S/C14H21BrN2O2S/c1-16(2)13-4-3-9-17(11-13)20(18,19)14-7-5-12(10-15)6-8-14/h5-8,13H,3-4,9-11H2,1-2H3. The zero-order chi connectivity index (χ0) is 14.8. The van der Waals surface area contributed by atoms with Gasteiger partial charge in [0.2, 0.25) is 10.0 Å². The molecule has 0 saturated carbocycles. The normalized spacial score (nSPS) is 21.3. The summed E-state index contributed by atoms with van der Waals surface area (Å²) in [6.45, 7) is 1.20. The van der Waals surface area contributed by atoms with E-state index in [2.05, 4.69) is 20.8 Å². The van der Waals surface area contributed by atoms with Crippen LogP contribution >= 0.6 is 15.9 Å². The molecule has 112 valence electrons. The van der Waals surface area contributed by atoms with Crippen molar-refractivity contribution in [3.8, 4) is 0 Å². The smallest absolute Gasteiger partial charge is 0.243 e. The molecule has 2 rings (SSSR count). The van der Waals surface area contributed by atoms with Gasteiger partial charge in [-0.3, -0.25) is 0 Å². The molecule has 1 aliphatic rings. The van der Waals surface area contributed by atoms with Gasteiger partial charge < -0.3 is 4.90 Å². The highest BCUT2D eigenvalue weighted by atomic mass is 79.9. The van der Waals surface area contributed by atoms with Crippen LogP contribution in [0, 0.1) is 0 Å². The minimum absolute atomic E-state index is 0.306. The molecule has 1 heterocycles. The third kappa shape index (κ3) is 3.42. The van der Waals surface area contributed by atoms with Gasteiger partial charge in [-0.05, 0) is 44.6 Å². The number of nitrogens with zero attached hydrogens (tertiary/aromatic N) is 2. The van der Waals surface area contributed by atoms with E-state index in [-0.39, 0.29) is 0 Å². The minimum atomic E-state index is -3.36. The fourth-order valence-corrected chi connectivity index (χ4v) is 4.35. The first-order chi connectivity index (χ1) is 9.45. The average Bonchev–Trinajstić information content (AvgIpc) is 2.47. The third-order valence-electron chi connectivity index (χ3n) is 3.80. The van der Waals surface area contributed by atoms with E-state index in [4.69, 9.17) is 0 Å². The summed E-state index contributed by atoms with van der Waals surface area (Å²) >= 11 is 3.37. The molecule has 1 aromatic rings. The maximum absolute atomic E-state index is 12.7. The van der Waals surface area contributed by atoms with Crippen molar-refractivity contribution in [2.75, 3.05) is 27.2 Å². The van der Waals surface area contributed by atoms with E-state index in [0.29, 0.717) is 24.0 Å². The van der Waals surface area contributed by atoms with Crippen LogP contribution in [-0.2, 0) is 15.4 Å². The van der Waals surface area contributed by atoms with Crippen LogP contribution in [0.4, 0.5) is 0 Å². The lowest BCUT2D eigenvalue weighted by molar-refractivity contribution is 0.190. The summed E-state index contributed by atoms with van der Waals surface area (Å²) in [6, 6.07) is 7.42. The first-order valence-electron chi connectivity index (χ1n) is 6.76. The molecule has 1 aromatic carbocycles. The van der Waals surface area contributed by atoms with Gasteiger partial charge in [-0.15, -0.1) is 0 Å². The predicted octanol–water partition coefficient (Wildman–Crippen LogP) is 2.30. The highest BCUT2D eigenvalue weighted by Gasteiger charge is 2.30. The molecule has 1 atom stereocenters. The van der Waals surface area contributed by atoms with Gasteiger partial charge >= 0.3 is 0 Å². The van der Waals surface area contributed by atoms with Crippen LogP contribution in [0.3, 0.4) is 0 Å². The fourth-order valence-electron chi connectivity index (χ4n) is 2.46. The van der Waals surface area contributed by atoms with Crippen LogP contribution in [0.25, 0.3) is 0 Å². The van der Waals surface area contributed by atoms with Crippen LogP contribution in [-0.4, -0.2) is 50.8 Å². The number of likely N-dealkylation sites (N-methyl/N-ethyl adjacent to an activating group) is 1. The molecular weight excluding hydrogens is 340 g/mol. The lowest BCUT2D eigenvalue weighted by Gasteiger charge is -2.35. The largest absolute Gasteiger partial charge is 0.305 e. The number of hydrogen-bond acceptors (Lipinski definition) is 3. The molecule has 1 fully saturated rings. The number of rotatable bonds is 4. The van der Waals surface area contributed by atoms with Gasteiger partial charge in [0.25, 0.3) is 0 Å². The number of sulfonamides is 1. The number of hydrogen-bond donors (Lipinski definition) is 0. The Balaban J connectivity index is 2.20. The summed E-state index contributed by atoms with van der Waals surface area (Å²) in [6.07, 6.45) is 1.98. The molecule has 1 aliphatic heterocycles. The highest BCUT2D eigenvalue weighted by Crippen LogP contribution is 2.22. The number of halogens is 1. The van der Waals surface area contributed by atoms with E-state index >= 15 is 0 Å². The molecular formula is C14H21BrN2O2S. The number of benzene rings is 1. The second kappa shape index (κ2) is 6.56. The van der Waals surface area contributed by atoms with Crippen molar-refractivity contribution in [2.24, 2.45) is 0 Å². The first-order valence-corrected chi connectivity index (χ1v) is 9.33. The summed E-state index contributed by atoms with van der Waals surface area (Å²) in [7, 11) is 0.649. The molecule has 0 bridgehead atoms. The van der Waals surface area contributed by atoms with E-state index < -0.39 is 10.0 Å². The average molecular weight is 361 g/mol. The predicted molar refractivity (Wildman–Crippen MR) is 84.5 cm³/mol. The van der Waals surface area contributed by atoms with E-state index in [1.54, 1.807) is 16.4 Å². The van der Waals surface area contributed by atoms with Crippen molar-refractivity contribution < 1.29 is 8.42 Å². The molecule has 1 saturated heterocycles. The van der Waals surface area contributed by atoms with Gasteiger partial charge in [0.1, 0.15) is 0 Å². The monoisotopic (exact) mass is 360 g/mol. The molecule has 6 heteroatoms. The van der Waals surface area contributed by atoms with Gasteiger partial charge in [0.05, 0.1) is 4.90 Å². The van der Waals surface area contributed by atoms with Crippen molar-refractivity contribution in [2.45, 2.75) is 29.1 Å². The Kier molecular flexibility index (Phi) is 5.23. The number of alkyl halides is 1. The summed E-state index contributed by atoms with van der Waals surface area (Å²) in [5, 5.41) is 0.736. The first kappa shape index (κ1) is 15.9. The van der Waals surface area contributed by atoms with Crippen molar-refractivity contribution in [1.29, 1.82) is 0 Å². The Bertz CT molecular complexity index is 543. The van der Waals surface area contributed by atoms with Gasteiger partial charge in [0.15, 0.2) is 0 Å². The second-order valence-electron chi connectivity index (χ2n) is 5.40. The topological polar surface area (TPSA) is 40.6 Å². The Morgan fingerprint density at radius 2 is 1.95 bits per heavy atom. The van der Waals surface area contributed by atoms with E-state index in [9.17, 15) is 8.42 Å². The van der Waals surface area contributed by atoms with Gasteiger partial charge in [0, 0.05) is 24.5 Å². The zero-order valence-corrected chi connectivity index (χ0v) is 14.3. The van der Waals surface area contributed by atoms with Crippen molar-refractivity contribution >= 4 is 26.0 Å². The molecule has 1 unspecified atom stereocenters. The molecule has 0 spiro atoms. The van der Waals surface area contributed by atoms with E-state index in [1.165, 1.54) is 0 Å². The summed E-state index contributed by atoms with van der Waals surface area (Å²) in [5.74, 6) is 0. The van der Waals surface area contributed by atoms with E-state index in [1.807, 2.05) is 26.2 Å². The van der Waals surface area contributed by atoms with Crippen LogP contribution in [0.1, 0.15) is 18.4 Å². The summed E-state index contributed by atoms with van der Waals surface area (Å²) in [4.78, 5) is 2.50. The molecule has 0 aliphatic carbocycles. The fraction of sp³-hybridized carbons (Fsp3) is 0.571. The lowest BCUT2D eigenvalue weighted by Crippen LogP contribution is -2.47. The quantitative estimate of drug-likeness (QED) is 0.773. The molecule has 20 heavy (non-hydrogen) atoms. The Labute approximate surface area is 129 Å².